The maximum absolute atomic E-state index is 13.2. The molecule has 2 amide bonds. The predicted molar refractivity (Wildman–Crippen MR) is 111 cm³/mol. The van der Waals surface area contributed by atoms with E-state index < -0.39 is 6.04 Å². The van der Waals surface area contributed by atoms with Crippen molar-refractivity contribution in [2.45, 2.75) is 45.7 Å². The van der Waals surface area contributed by atoms with Gasteiger partial charge in [-0.15, -0.1) is 0 Å². The van der Waals surface area contributed by atoms with Crippen LogP contribution in [-0.2, 0) is 22.6 Å². The molecule has 29 heavy (non-hydrogen) atoms. The van der Waals surface area contributed by atoms with Crippen molar-refractivity contribution >= 4 is 11.8 Å². The average Bonchev–Trinajstić information content (AvgIpc) is 3.20. The van der Waals surface area contributed by atoms with Gasteiger partial charge in [-0.1, -0.05) is 37.3 Å². The van der Waals surface area contributed by atoms with Crippen LogP contribution < -0.4 is 14.8 Å². The number of rotatable bonds is 8. The van der Waals surface area contributed by atoms with E-state index in [0.29, 0.717) is 31.6 Å². The smallest absolute Gasteiger partial charge is 0.242 e. The SMILES string of the molecule is CCC(C(=O)NC)N(Cc1ccccc1C)C(=O)CCc1ccc2c(c1)OCO2. The first kappa shape index (κ1) is 20.7. The summed E-state index contributed by atoms with van der Waals surface area (Å²) in [6, 6.07) is 13.2. The fourth-order valence-corrected chi connectivity index (χ4v) is 3.55. The third kappa shape index (κ3) is 4.88. The van der Waals surface area contributed by atoms with Crippen molar-refractivity contribution in [1.82, 2.24) is 10.2 Å². The fraction of sp³-hybridized carbons (Fsp3) is 0.391. The van der Waals surface area contributed by atoms with Crippen molar-refractivity contribution in [2.24, 2.45) is 0 Å². The summed E-state index contributed by atoms with van der Waals surface area (Å²) >= 11 is 0. The summed E-state index contributed by atoms with van der Waals surface area (Å²) in [5.41, 5.74) is 3.16. The van der Waals surface area contributed by atoms with Gasteiger partial charge >= 0.3 is 0 Å². The monoisotopic (exact) mass is 396 g/mol. The number of amides is 2. The zero-order chi connectivity index (χ0) is 20.8. The molecule has 1 aliphatic heterocycles. The zero-order valence-corrected chi connectivity index (χ0v) is 17.2. The van der Waals surface area contributed by atoms with E-state index in [9.17, 15) is 9.59 Å². The second-order valence-electron chi connectivity index (χ2n) is 7.17. The molecule has 6 heteroatoms. The maximum atomic E-state index is 13.2. The van der Waals surface area contributed by atoms with Crippen molar-refractivity contribution in [1.29, 1.82) is 0 Å². The summed E-state index contributed by atoms with van der Waals surface area (Å²) in [6.07, 6.45) is 1.45. The van der Waals surface area contributed by atoms with Crippen molar-refractivity contribution in [3.63, 3.8) is 0 Å². The second kappa shape index (κ2) is 9.45. The van der Waals surface area contributed by atoms with Gasteiger partial charge < -0.3 is 19.7 Å². The van der Waals surface area contributed by atoms with E-state index >= 15 is 0 Å². The summed E-state index contributed by atoms with van der Waals surface area (Å²) in [5, 5.41) is 2.69. The highest BCUT2D eigenvalue weighted by molar-refractivity contribution is 5.87. The molecule has 3 rings (SSSR count). The van der Waals surface area contributed by atoms with Crippen LogP contribution in [0.1, 0.15) is 36.5 Å². The Bertz CT molecular complexity index is 881. The quantitative estimate of drug-likeness (QED) is 0.744. The summed E-state index contributed by atoms with van der Waals surface area (Å²) in [6.45, 7) is 4.59. The van der Waals surface area contributed by atoms with Crippen LogP contribution >= 0.6 is 0 Å². The molecule has 1 unspecified atom stereocenters. The number of aryl methyl sites for hydroxylation is 2. The van der Waals surface area contributed by atoms with Crippen LogP contribution in [0.5, 0.6) is 11.5 Å². The Labute approximate surface area is 171 Å². The molecule has 0 aromatic heterocycles. The largest absolute Gasteiger partial charge is 0.454 e. The highest BCUT2D eigenvalue weighted by Gasteiger charge is 2.28. The van der Waals surface area contributed by atoms with Gasteiger partial charge in [0.05, 0.1) is 0 Å². The van der Waals surface area contributed by atoms with Gasteiger partial charge in [-0.3, -0.25) is 9.59 Å². The number of carbonyl (C=O) groups excluding carboxylic acids is 2. The molecular formula is C23H28N2O4. The lowest BCUT2D eigenvalue weighted by molar-refractivity contribution is -0.141. The van der Waals surface area contributed by atoms with Gasteiger partial charge in [0.25, 0.3) is 0 Å². The summed E-state index contributed by atoms with van der Waals surface area (Å²) in [4.78, 5) is 27.3. The predicted octanol–water partition coefficient (Wildman–Crippen LogP) is 3.21. The molecule has 1 aliphatic rings. The number of benzene rings is 2. The number of carbonyl (C=O) groups is 2. The molecule has 2 aromatic rings. The second-order valence-corrected chi connectivity index (χ2v) is 7.17. The van der Waals surface area contributed by atoms with Gasteiger partial charge in [0.15, 0.2) is 11.5 Å². The van der Waals surface area contributed by atoms with Gasteiger partial charge in [0, 0.05) is 20.0 Å². The number of fused-ring (bicyclic) bond motifs is 1. The van der Waals surface area contributed by atoms with Gasteiger partial charge in [-0.05, 0) is 48.6 Å². The topological polar surface area (TPSA) is 67.9 Å². The van der Waals surface area contributed by atoms with Crippen LogP contribution in [0, 0.1) is 6.92 Å². The Morgan fingerprint density at radius 3 is 2.62 bits per heavy atom. The molecule has 0 bridgehead atoms. The lowest BCUT2D eigenvalue weighted by atomic mass is 10.0. The summed E-state index contributed by atoms with van der Waals surface area (Å²) in [7, 11) is 1.61. The number of nitrogens with zero attached hydrogens (tertiary/aromatic N) is 1. The molecule has 0 radical (unpaired) electrons. The number of hydrogen-bond donors (Lipinski definition) is 1. The molecule has 6 nitrogen and oxygen atoms in total. The minimum atomic E-state index is -0.496. The minimum Gasteiger partial charge on any atom is -0.454 e. The van der Waals surface area contributed by atoms with Crippen molar-refractivity contribution < 1.29 is 19.1 Å². The third-order valence-electron chi connectivity index (χ3n) is 5.30. The molecule has 154 valence electrons. The first-order valence-electron chi connectivity index (χ1n) is 9.97. The minimum absolute atomic E-state index is 0.0404. The molecule has 2 aromatic carbocycles. The van der Waals surface area contributed by atoms with Crippen LogP contribution in [0.15, 0.2) is 42.5 Å². The van der Waals surface area contributed by atoms with Gasteiger partial charge in [-0.2, -0.15) is 0 Å². The standard InChI is InChI=1S/C23H28N2O4/c1-4-19(23(27)24-3)25(14-18-8-6-5-7-16(18)2)22(26)12-10-17-9-11-20-21(13-17)29-15-28-20/h5-9,11,13,19H,4,10,12,14-15H2,1-3H3,(H,24,27). The van der Waals surface area contributed by atoms with E-state index in [4.69, 9.17) is 9.47 Å². The Morgan fingerprint density at radius 1 is 1.14 bits per heavy atom. The molecule has 1 atom stereocenters. The van der Waals surface area contributed by atoms with Crippen LogP contribution in [0.3, 0.4) is 0 Å². The molecule has 0 spiro atoms. The Morgan fingerprint density at radius 2 is 1.90 bits per heavy atom. The van der Waals surface area contributed by atoms with Crippen molar-refractivity contribution in [3.8, 4) is 11.5 Å². The van der Waals surface area contributed by atoms with E-state index in [1.807, 2.05) is 56.3 Å². The van der Waals surface area contributed by atoms with Crippen LogP contribution in [0.25, 0.3) is 0 Å². The number of nitrogens with one attached hydrogen (secondary N) is 1. The third-order valence-corrected chi connectivity index (χ3v) is 5.30. The van der Waals surface area contributed by atoms with E-state index in [0.717, 1.165) is 22.4 Å². The molecule has 1 heterocycles. The molecule has 0 aliphatic carbocycles. The summed E-state index contributed by atoms with van der Waals surface area (Å²) < 4.78 is 10.8. The first-order valence-corrected chi connectivity index (χ1v) is 9.97. The molecule has 0 saturated carbocycles. The van der Waals surface area contributed by atoms with E-state index in [2.05, 4.69) is 5.32 Å². The normalized spacial score (nSPS) is 13.1. The van der Waals surface area contributed by atoms with Gasteiger partial charge in [0.2, 0.25) is 18.6 Å². The van der Waals surface area contributed by atoms with E-state index in [1.54, 1.807) is 11.9 Å². The highest BCUT2D eigenvalue weighted by atomic mass is 16.7. The molecule has 1 N–H and O–H groups in total. The first-order chi connectivity index (χ1) is 14.0. The zero-order valence-electron chi connectivity index (χ0n) is 17.2. The average molecular weight is 396 g/mol. The summed E-state index contributed by atoms with van der Waals surface area (Å²) in [5.74, 6) is 1.26. The van der Waals surface area contributed by atoms with Gasteiger partial charge in [0.1, 0.15) is 6.04 Å². The maximum Gasteiger partial charge on any atom is 0.242 e. The van der Waals surface area contributed by atoms with Crippen LogP contribution in [0.4, 0.5) is 0 Å². The van der Waals surface area contributed by atoms with Crippen LogP contribution in [-0.4, -0.2) is 36.6 Å². The fourth-order valence-electron chi connectivity index (χ4n) is 3.55. The van der Waals surface area contributed by atoms with E-state index in [-0.39, 0.29) is 18.6 Å². The van der Waals surface area contributed by atoms with Crippen molar-refractivity contribution in [3.05, 3.63) is 59.2 Å². The molecule has 0 fully saturated rings. The van der Waals surface area contributed by atoms with Crippen molar-refractivity contribution in [2.75, 3.05) is 13.8 Å². The molecule has 0 saturated heterocycles. The Balaban J connectivity index is 1.76. The lowest BCUT2D eigenvalue weighted by Gasteiger charge is -2.31. The Hall–Kier alpha value is -3.02. The number of likely N-dealkylation sites (N-methyl/N-ethyl adjacent to an activating group) is 1. The highest BCUT2D eigenvalue weighted by Crippen LogP contribution is 2.32. The number of hydrogen-bond acceptors (Lipinski definition) is 4. The Kier molecular flexibility index (Phi) is 6.75. The lowest BCUT2D eigenvalue weighted by Crippen LogP contribution is -2.48. The van der Waals surface area contributed by atoms with Crippen LogP contribution in [0.2, 0.25) is 0 Å². The number of ether oxygens (including phenoxy) is 2. The van der Waals surface area contributed by atoms with E-state index in [1.165, 1.54) is 0 Å². The van der Waals surface area contributed by atoms with Gasteiger partial charge in [-0.25, -0.2) is 0 Å². The molecular weight excluding hydrogens is 368 g/mol.